The number of pyridine rings is 1. The number of hydrazine groups is 2. The summed E-state index contributed by atoms with van der Waals surface area (Å²) in [6.07, 6.45) is -3.17. The smallest absolute Gasteiger partial charge is 0.433 e. The molecule has 8 rings (SSSR count). The number of imide groups is 2. The van der Waals surface area contributed by atoms with Crippen LogP contribution >= 0.6 is 50.7 Å². The summed E-state index contributed by atoms with van der Waals surface area (Å²) < 4.78 is 52.5. The van der Waals surface area contributed by atoms with Crippen LogP contribution in [0.1, 0.15) is 35.6 Å². The van der Waals surface area contributed by atoms with Crippen molar-refractivity contribution >= 4 is 85.9 Å². The van der Waals surface area contributed by atoms with E-state index in [1.165, 1.54) is 39.5 Å². The van der Waals surface area contributed by atoms with Gasteiger partial charge >= 0.3 is 6.18 Å². The van der Waals surface area contributed by atoms with E-state index >= 15 is 9.59 Å². The van der Waals surface area contributed by atoms with Crippen LogP contribution in [0.3, 0.4) is 0 Å². The zero-order valence-electron chi connectivity index (χ0n) is 31.6. The molecule has 12 nitrogen and oxygen atoms in total. The van der Waals surface area contributed by atoms with Crippen LogP contribution in [0.4, 0.5) is 24.7 Å². The van der Waals surface area contributed by atoms with E-state index in [9.17, 15) is 27.9 Å². The van der Waals surface area contributed by atoms with Crippen LogP contribution in [-0.2, 0) is 30.8 Å². The fraction of sp³-hybridized carbons (Fsp3) is 0.293. The van der Waals surface area contributed by atoms with Gasteiger partial charge in [-0.05, 0) is 100 Å². The van der Waals surface area contributed by atoms with Gasteiger partial charge in [-0.25, -0.2) is 4.98 Å². The molecule has 0 unspecified atom stereocenters. The Labute approximate surface area is 363 Å². The quantitative estimate of drug-likeness (QED) is 0.130. The summed E-state index contributed by atoms with van der Waals surface area (Å²) in [6, 6.07) is 16.0. The van der Waals surface area contributed by atoms with Gasteiger partial charge in [0.15, 0.2) is 17.3 Å². The first-order valence-electron chi connectivity index (χ1n) is 18.3. The molecule has 312 valence electrons. The second-order valence-corrected chi connectivity index (χ2v) is 16.9. The molecule has 2 aliphatic carbocycles. The molecule has 4 aliphatic rings. The molecule has 3 heterocycles. The highest BCUT2D eigenvalue weighted by Crippen LogP contribution is 2.65. The van der Waals surface area contributed by atoms with Gasteiger partial charge in [0.05, 0.1) is 57.6 Å². The molecular weight excluding hydrogens is 918 g/mol. The number of nitrogens with one attached hydrogen (secondary N) is 1. The molecule has 4 aromatic rings. The fourth-order valence-corrected chi connectivity index (χ4v) is 10.5. The number of ether oxygens (including phenoxy) is 2. The predicted octanol–water partition coefficient (Wildman–Crippen LogP) is 8.58. The maximum atomic E-state index is 15.5. The lowest BCUT2D eigenvalue weighted by atomic mass is 9.49. The highest BCUT2D eigenvalue weighted by molar-refractivity contribution is 9.10. The van der Waals surface area contributed by atoms with E-state index in [4.69, 9.17) is 44.3 Å². The molecule has 2 N–H and O–H groups in total. The zero-order chi connectivity index (χ0) is 43.2. The molecular formula is C41H32BrCl3F3N5O7. The number of aromatic nitrogens is 1. The third-order valence-corrected chi connectivity index (χ3v) is 13.3. The number of hydrogen-bond donors (Lipinski definition) is 2. The number of halogens is 7. The Kier molecular flexibility index (Phi) is 10.5. The number of amides is 4. The van der Waals surface area contributed by atoms with Crippen molar-refractivity contribution in [2.75, 3.05) is 31.7 Å². The number of nitrogens with zero attached hydrogens (tertiary/aromatic N) is 4. The number of alkyl halides is 3. The summed E-state index contributed by atoms with van der Waals surface area (Å²) in [5.74, 6) is -8.19. The van der Waals surface area contributed by atoms with Crippen LogP contribution in [0.2, 0.25) is 15.1 Å². The summed E-state index contributed by atoms with van der Waals surface area (Å²) in [7, 11) is 4.06. The lowest BCUT2D eigenvalue weighted by molar-refractivity contribution is -0.142. The molecule has 19 heteroatoms. The molecule has 1 saturated carbocycles. The summed E-state index contributed by atoms with van der Waals surface area (Å²) >= 11 is 22.4. The van der Waals surface area contributed by atoms with E-state index in [0.29, 0.717) is 33.5 Å². The topological polar surface area (TPSA) is 142 Å². The van der Waals surface area contributed by atoms with E-state index < -0.39 is 76.3 Å². The number of aromatic hydroxyl groups is 1. The first kappa shape index (κ1) is 41.7. The van der Waals surface area contributed by atoms with Gasteiger partial charge in [-0.2, -0.15) is 23.2 Å². The van der Waals surface area contributed by atoms with Gasteiger partial charge in [0.1, 0.15) is 11.4 Å². The Bertz CT molecular complexity index is 2530. The van der Waals surface area contributed by atoms with Gasteiger partial charge in [0.25, 0.3) is 23.6 Å². The van der Waals surface area contributed by atoms with E-state index in [1.807, 2.05) is 0 Å². The van der Waals surface area contributed by atoms with E-state index in [-0.39, 0.29) is 44.5 Å². The highest BCUT2D eigenvalue weighted by atomic mass is 79.9. The molecule has 0 spiro atoms. The lowest BCUT2D eigenvalue weighted by Crippen LogP contribution is -2.53. The average Bonchev–Trinajstić information content (AvgIpc) is 3.59. The Morgan fingerprint density at radius 2 is 1.63 bits per heavy atom. The maximum Gasteiger partial charge on any atom is 0.433 e. The third kappa shape index (κ3) is 6.36. The normalized spacial score (nSPS) is 24.8. The van der Waals surface area contributed by atoms with Gasteiger partial charge in [-0.3, -0.25) is 29.6 Å². The summed E-state index contributed by atoms with van der Waals surface area (Å²) in [4.78, 5) is 63.3. The number of allylic oxidation sites excluding steroid dienone is 2. The second kappa shape index (κ2) is 15.2. The Hall–Kier alpha value is -5.03. The molecule has 0 bridgehead atoms. The van der Waals surface area contributed by atoms with Crippen LogP contribution in [0.5, 0.6) is 17.2 Å². The number of rotatable bonds is 8. The van der Waals surface area contributed by atoms with Crippen LogP contribution < -0.4 is 19.9 Å². The largest absolute Gasteiger partial charge is 0.503 e. The van der Waals surface area contributed by atoms with Gasteiger partial charge in [0, 0.05) is 18.0 Å². The first-order valence-corrected chi connectivity index (χ1v) is 20.2. The average molecular weight is 950 g/mol. The first-order chi connectivity index (χ1) is 28.4. The molecule has 60 heavy (non-hydrogen) atoms. The Morgan fingerprint density at radius 3 is 2.28 bits per heavy atom. The van der Waals surface area contributed by atoms with Crippen molar-refractivity contribution < 1.29 is 46.9 Å². The minimum absolute atomic E-state index is 0.00407. The summed E-state index contributed by atoms with van der Waals surface area (Å²) in [6.45, 7) is 0. The van der Waals surface area contributed by atoms with E-state index in [0.717, 1.165) is 21.1 Å². The molecule has 2 aliphatic heterocycles. The molecule has 0 radical (unpaired) electrons. The molecule has 6 atom stereocenters. The fourth-order valence-electron chi connectivity index (χ4n) is 9.32. The van der Waals surface area contributed by atoms with Gasteiger partial charge in [-0.15, -0.1) is 0 Å². The number of phenolic OH excluding ortho intramolecular Hbond substituents is 1. The van der Waals surface area contributed by atoms with E-state index in [2.05, 4.69) is 26.3 Å². The minimum Gasteiger partial charge on any atom is -0.503 e. The van der Waals surface area contributed by atoms with Crippen molar-refractivity contribution in [2.24, 2.45) is 23.7 Å². The zero-order valence-corrected chi connectivity index (χ0v) is 35.4. The standard InChI is InChI=1S/C41H32BrCl3F3N5O7/c1-51(35-27(44)11-13-31(49-35)41(46,47)48)53-36(55)23-10-9-22-24(32(23)38(53)57)17-25-37(56)52(50-29-12-6-20(43)16-28(29)45)39(58)40(25,19-4-7-21(59-2)8-5-19)33(22)18-14-26(42)34(54)30(15-18)60-3/h4-9,11-16,23-25,32-33,50,54H,10,17H2,1-3H3/t23-,24+,25-,32-,33-,40+/m0/s1. The lowest BCUT2D eigenvalue weighted by Gasteiger charge is -2.50. The Balaban J connectivity index is 1.31. The summed E-state index contributed by atoms with van der Waals surface area (Å²) in [5.41, 5.74) is 1.50. The highest BCUT2D eigenvalue weighted by Gasteiger charge is 2.70. The predicted molar refractivity (Wildman–Crippen MR) is 217 cm³/mol. The number of carbonyl (C=O) groups is 4. The van der Waals surface area contributed by atoms with Crippen molar-refractivity contribution in [3.05, 3.63) is 115 Å². The molecule has 1 aromatic heterocycles. The number of benzene rings is 3. The Morgan fingerprint density at radius 1 is 0.917 bits per heavy atom. The summed E-state index contributed by atoms with van der Waals surface area (Å²) in [5, 5.41) is 13.7. The number of anilines is 2. The van der Waals surface area contributed by atoms with E-state index in [1.54, 1.807) is 42.5 Å². The number of hydrogen-bond acceptors (Lipinski definition) is 10. The second-order valence-electron chi connectivity index (χ2n) is 14.8. The number of fused-ring (bicyclic) bond motifs is 4. The van der Waals surface area contributed by atoms with Crippen molar-refractivity contribution in [1.29, 1.82) is 0 Å². The van der Waals surface area contributed by atoms with Crippen LogP contribution in [0, 0.1) is 23.7 Å². The SMILES string of the molecule is COc1ccc([C@@]23C(=O)N(Nc4ccc(Cl)cc4Cl)C(=O)[C@@H]2C[C@@H]2C(=CC[C@@H]4C(=O)N(N(C)c5nc(C(F)(F)F)ccc5Cl)C(=O)[C@@H]42)[C@@H]3c2cc(Br)c(O)c(OC)c2)cc1. The molecule has 3 fully saturated rings. The maximum absolute atomic E-state index is 15.5. The van der Waals surface area contributed by atoms with Gasteiger partial charge < -0.3 is 14.6 Å². The van der Waals surface area contributed by atoms with Crippen LogP contribution in [0.25, 0.3) is 0 Å². The number of carbonyl (C=O) groups excluding carboxylic acids is 4. The van der Waals surface area contributed by atoms with Gasteiger partial charge in [0.2, 0.25) is 0 Å². The minimum atomic E-state index is -4.85. The van der Waals surface area contributed by atoms with Crippen molar-refractivity contribution in [1.82, 2.24) is 15.0 Å². The monoisotopic (exact) mass is 947 g/mol. The van der Waals surface area contributed by atoms with Gasteiger partial charge in [-0.1, -0.05) is 58.6 Å². The molecule has 4 amide bonds. The number of phenols is 1. The van der Waals surface area contributed by atoms with Crippen LogP contribution in [0.15, 0.2) is 82.9 Å². The molecule has 3 aromatic carbocycles. The number of methoxy groups -OCH3 is 2. The van der Waals surface area contributed by atoms with Crippen molar-refractivity contribution in [2.45, 2.75) is 30.4 Å². The van der Waals surface area contributed by atoms with Crippen LogP contribution in [-0.4, -0.2) is 65.0 Å². The molecule has 2 saturated heterocycles. The van der Waals surface area contributed by atoms with Crippen molar-refractivity contribution in [3.8, 4) is 17.2 Å². The third-order valence-electron chi connectivity index (χ3n) is 11.9. The van der Waals surface area contributed by atoms with Crippen molar-refractivity contribution in [3.63, 3.8) is 0 Å².